The van der Waals surface area contributed by atoms with Crippen LogP contribution in [0.1, 0.15) is 88.9 Å². The Labute approximate surface area is 462 Å². The monoisotopic (exact) mass is 1080 g/mol. The fourth-order valence-corrected chi connectivity index (χ4v) is 12.0. The van der Waals surface area contributed by atoms with Gasteiger partial charge >= 0.3 is 6.01 Å². The Bertz CT molecular complexity index is 2930. The average molecular weight is 1090 g/mol. The maximum absolute atomic E-state index is 14.2. The summed E-state index contributed by atoms with van der Waals surface area (Å²) >= 11 is 1.60. The highest BCUT2D eigenvalue weighted by molar-refractivity contribution is 7.13. The number of nitrogens with one attached hydrogen (secondary N) is 2. The van der Waals surface area contributed by atoms with Crippen molar-refractivity contribution in [3.8, 4) is 22.2 Å². The molecule has 0 aliphatic carbocycles. The quantitative estimate of drug-likeness (QED) is 0.0575. The predicted molar refractivity (Wildman–Crippen MR) is 303 cm³/mol. The summed E-state index contributed by atoms with van der Waals surface area (Å²) in [5, 5.41) is 18.8. The second-order valence-electron chi connectivity index (χ2n) is 22.2. The number of piperidine rings is 1. The first kappa shape index (κ1) is 56.1. The Morgan fingerprint density at radius 3 is 2.37 bits per heavy atom. The van der Waals surface area contributed by atoms with E-state index in [0.29, 0.717) is 77.7 Å². The van der Waals surface area contributed by atoms with Crippen LogP contribution in [0, 0.1) is 12.3 Å². The third-order valence-corrected chi connectivity index (χ3v) is 16.4. The van der Waals surface area contributed by atoms with Crippen LogP contribution in [-0.2, 0) is 41.6 Å². The summed E-state index contributed by atoms with van der Waals surface area (Å²) in [7, 11) is 0. The highest BCUT2D eigenvalue weighted by Gasteiger charge is 2.42. The van der Waals surface area contributed by atoms with E-state index in [1.807, 2.05) is 100 Å². The van der Waals surface area contributed by atoms with Crippen LogP contribution in [0.3, 0.4) is 0 Å². The largest absolute Gasteiger partial charge is 0.508 e. The van der Waals surface area contributed by atoms with Gasteiger partial charge in [0.2, 0.25) is 23.6 Å². The number of rotatable bonds is 19. The number of nitrogens with zero attached hydrogens (tertiary/aromatic N) is 8. The van der Waals surface area contributed by atoms with Crippen molar-refractivity contribution in [1.29, 1.82) is 0 Å². The molecule has 18 nitrogen and oxygen atoms in total. The molecule has 9 rings (SSSR count). The fraction of sp³-hybridized carbons (Fsp3) is 0.508. The molecule has 3 saturated heterocycles. The maximum atomic E-state index is 14.2. The summed E-state index contributed by atoms with van der Waals surface area (Å²) in [4.78, 5) is 79.5. The van der Waals surface area contributed by atoms with Gasteiger partial charge in [0.15, 0.2) is 0 Å². The standard InChI is InChI=1S/C59H76N10O8S/c1-8-52(72)66-26-28-67(29-27-66)55-47-21-25-68(50-33-44(70)32-43-12-9-10-13-46(43)50)35-48(47)62-58(64-55)77-38(2)34-65-23-19-45(20-24-65)76-31-30-75-36-51(71)63-54(59(5,6)7)57(74)69-22-11-14-49(69)56(73)61-39(3)41-15-17-42(18-16-41)53-40(4)60-37-78-53/h8-10,12-13,15-18,32-33,37-39,45,49,54,70H,1,11,14,19-31,34-36H2,2-7H3,(H,61,73)(H,63,71)/t38-,39+,49+,54-/m1/s1. The smallest absolute Gasteiger partial charge is 0.318 e. The third kappa shape index (κ3) is 13.4. The number of anilines is 2. The van der Waals surface area contributed by atoms with Gasteiger partial charge < -0.3 is 49.6 Å². The lowest BCUT2D eigenvalue weighted by Crippen LogP contribution is -2.58. The lowest BCUT2D eigenvalue weighted by atomic mass is 9.85. The molecule has 0 spiro atoms. The minimum Gasteiger partial charge on any atom is -0.508 e. The minimum atomic E-state index is -0.855. The number of benzene rings is 3. The minimum absolute atomic E-state index is 0.0471. The van der Waals surface area contributed by atoms with Crippen LogP contribution in [0.25, 0.3) is 21.2 Å². The highest BCUT2D eigenvalue weighted by Crippen LogP contribution is 2.37. The normalized spacial score (nSPS) is 18.6. The average Bonchev–Trinajstić information content (AvgIpc) is 4.20. The third-order valence-electron chi connectivity index (χ3n) is 15.5. The summed E-state index contributed by atoms with van der Waals surface area (Å²) in [5.41, 5.74) is 7.17. The summed E-state index contributed by atoms with van der Waals surface area (Å²) in [6.07, 6.45) is 4.82. The molecule has 6 heterocycles. The number of carbonyl (C=O) groups is 4. The zero-order valence-corrected chi connectivity index (χ0v) is 46.9. The lowest BCUT2D eigenvalue weighted by molar-refractivity contribution is -0.144. The molecule has 4 aliphatic heterocycles. The number of amides is 4. The maximum Gasteiger partial charge on any atom is 0.318 e. The molecule has 78 heavy (non-hydrogen) atoms. The van der Waals surface area contributed by atoms with E-state index in [0.717, 1.165) is 87.7 Å². The van der Waals surface area contributed by atoms with Gasteiger partial charge in [-0.15, -0.1) is 11.3 Å². The van der Waals surface area contributed by atoms with Crippen LogP contribution < -0.4 is 25.2 Å². The van der Waals surface area contributed by atoms with E-state index >= 15 is 0 Å². The molecule has 0 unspecified atom stereocenters. The summed E-state index contributed by atoms with van der Waals surface area (Å²) in [6.45, 7) is 22.1. The molecule has 3 N–H and O–H groups in total. The van der Waals surface area contributed by atoms with Crippen molar-refractivity contribution >= 4 is 57.2 Å². The molecule has 4 amide bonds. The van der Waals surface area contributed by atoms with Gasteiger partial charge in [0.1, 0.15) is 36.4 Å². The topological polar surface area (TPSA) is 195 Å². The number of fused-ring (bicyclic) bond motifs is 2. The Hall–Kier alpha value is -6.67. The van der Waals surface area contributed by atoms with Gasteiger partial charge in [0.05, 0.1) is 53.7 Å². The van der Waals surface area contributed by atoms with Crippen molar-refractivity contribution in [1.82, 2.24) is 40.3 Å². The van der Waals surface area contributed by atoms with Crippen molar-refractivity contribution in [2.45, 2.75) is 111 Å². The van der Waals surface area contributed by atoms with Gasteiger partial charge in [-0.3, -0.25) is 24.1 Å². The summed E-state index contributed by atoms with van der Waals surface area (Å²) in [5.74, 6) is 0.106. The number of thiazole rings is 1. The second-order valence-corrected chi connectivity index (χ2v) is 23.0. The fourth-order valence-electron chi connectivity index (χ4n) is 11.2. The Morgan fingerprint density at radius 1 is 0.897 bits per heavy atom. The number of ether oxygens (including phenoxy) is 3. The number of aromatic hydroxyl groups is 1. The number of carbonyl (C=O) groups excluding carboxylic acids is 4. The first-order chi connectivity index (χ1) is 37.5. The van der Waals surface area contributed by atoms with Gasteiger partial charge in [-0.2, -0.15) is 9.97 Å². The number of phenols is 1. The van der Waals surface area contributed by atoms with Crippen molar-refractivity contribution < 1.29 is 38.5 Å². The molecular weight excluding hydrogens is 1010 g/mol. The molecule has 4 aliphatic rings. The highest BCUT2D eigenvalue weighted by atomic mass is 32.1. The molecule has 2 aromatic heterocycles. The molecule has 4 atom stereocenters. The van der Waals surface area contributed by atoms with Crippen LogP contribution in [0.15, 0.2) is 78.8 Å². The number of aromatic nitrogens is 3. The number of hydrogen-bond acceptors (Lipinski definition) is 15. The number of aryl methyl sites for hydroxylation is 1. The Kier molecular flexibility index (Phi) is 18.0. The lowest BCUT2D eigenvalue weighted by Gasteiger charge is -2.38. The molecule has 3 aromatic carbocycles. The van der Waals surface area contributed by atoms with E-state index in [1.165, 1.54) is 6.08 Å². The van der Waals surface area contributed by atoms with Gasteiger partial charge in [0.25, 0.3) is 0 Å². The molecular formula is C59H76N10O8S. The van der Waals surface area contributed by atoms with Crippen LogP contribution in [0.2, 0.25) is 0 Å². The molecule has 5 aromatic rings. The molecule has 0 bridgehead atoms. The zero-order valence-electron chi connectivity index (χ0n) is 46.0. The molecule has 0 radical (unpaired) electrons. The van der Waals surface area contributed by atoms with E-state index in [-0.39, 0.29) is 54.9 Å². The van der Waals surface area contributed by atoms with Gasteiger partial charge in [0, 0.05) is 81.6 Å². The van der Waals surface area contributed by atoms with Gasteiger partial charge in [-0.05, 0) is 86.9 Å². The molecule has 0 saturated carbocycles. The first-order valence-electron chi connectivity index (χ1n) is 27.5. The van der Waals surface area contributed by atoms with Crippen LogP contribution in [0.5, 0.6) is 11.8 Å². The van der Waals surface area contributed by atoms with E-state index in [2.05, 4.69) is 43.0 Å². The Morgan fingerprint density at radius 2 is 1.65 bits per heavy atom. The van der Waals surface area contributed by atoms with Crippen LogP contribution in [-0.4, -0.2) is 161 Å². The van der Waals surface area contributed by atoms with E-state index in [4.69, 9.17) is 24.2 Å². The van der Waals surface area contributed by atoms with E-state index in [9.17, 15) is 24.3 Å². The zero-order chi connectivity index (χ0) is 55.1. The number of phenolic OH excluding ortho intramolecular Hbond substituents is 1. The van der Waals surface area contributed by atoms with Crippen molar-refractivity contribution in [3.63, 3.8) is 0 Å². The Balaban J connectivity index is 0.721. The van der Waals surface area contributed by atoms with Crippen molar-refractivity contribution in [2.75, 3.05) is 88.5 Å². The van der Waals surface area contributed by atoms with Crippen LogP contribution >= 0.6 is 11.3 Å². The van der Waals surface area contributed by atoms with Gasteiger partial charge in [-0.25, -0.2) is 4.98 Å². The number of hydrogen-bond donors (Lipinski definition) is 3. The first-order valence-corrected chi connectivity index (χ1v) is 28.4. The number of piperazine rings is 1. The SMILES string of the molecule is C=CC(=O)N1CCN(c2nc(O[C@H](C)CN3CCC(OCCOCC(=O)N[C@H](C(=O)N4CCC[C@H]4C(=O)N[C@@H](C)c4ccc(-c5scnc5C)cc4)C(C)(C)C)CC3)nc3c2CCN(c2cc(O)cc4ccccc24)C3)CC1. The van der Waals surface area contributed by atoms with Crippen molar-refractivity contribution in [3.05, 3.63) is 101 Å². The second kappa shape index (κ2) is 25.0. The summed E-state index contributed by atoms with van der Waals surface area (Å²) in [6, 6.07) is 18.4. The predicted octanol–water partition coefficient (Wildman–Crippen LogP) is 6.83. The van der Waals surface area contributed by atoms with Crippen LogP contribution in [0.4, 0.5) is 11.5 Å². The van der Waals surface area contributed by atoms with Crippen molar-refractivity contribution in [2.24, 2.45) is 5.41 Å². The van der Waals surface area contributed by atoms with E-state index < -0.39 is 23.4 Å². The molecule has 19 heteroatoms. The molecule has 416 valence electrons. The molecule has 3 fully saturated rings. The summed E-state index contributed by atoms with van der Waals surface area (Å²) < 4.78 is 18.5. The number of likely N-dealkylation sites (tertiary alicyclic amines) is 2. The van der Waals surface area contributed by atoms with E-state index in [1.54, 1.807) is 22.3 Å². The van der Waals surface area contributed by atoms with Gasteiger partial charge in [-0.1, -0.05) is 75.9 Å².